The molecule has 2 heterocycles. The monoisotopic (exact) mass is 380 g/mol. The lowest BCUT2D eigenvalue weighted by atomic mass is 9.84. The van der Waals surface area contributed by atoms with Crippen molar-refractivity contribution in [2.24, 2.45) is 18.7 Å². The molecular weight excluding hydrogens is 348 g/mol. The lowest BCUT2D eigenvalue weighted by Gasteiger charge is -2.30. The van der Waals surface area contributed by atoms with Crippen LogP contribution in [0.15, 0.2) is 30.5 Å². The number of carbonyl (C=O) groups excluding carboxylic acids is 1. The second kappa shape index (κ2) is 8.48. The van der Waals surface area contributed by atoms with E-state index in [0.717, 1.165) is 44.1 Å². The Morgan fingerprint density at radius 2 is 1.75 bits per heavy atom. The van der Waals surface area contributed by atoms with Crippen LogP contribution in [0.2, 0.25) is 0 Å². The van der Waals surface area contributed by atoms with Gasteiger partial charge in [-0.05, 0) is 50.3 Å². The Balaban J connectivity index is 1.46. The van der Waals surface area contributed by atoms with E-state index < -0.39 is 0 Å². The van der Waals surface area contributed by atoms with Crippen molar-refractivity contribution in [3.63, 3.8) is 0 Å². The molecule has 1 aromatic carbocycles. The quantitative estimate of drug-likeness (QED) is 0.857. The Kier molecular flexibility index (Phi) is 5.81. The number of hydrogen-bond donors (Lipinski definition) is 1. The van der Waals surface area contributed by atoms with Crippen LogP contribution in [0.25, 0.3) is 11.3 Å². The Hall–Kier alpha value is -2.14. The number of piperidine rings is 1. The topological polar surface area (TPSA) is 64.2 Å². The van der Waals surface area contributed by atoms with Crippen LogP contribution in [0.4, 0.5) is 0 Å². The molecule has 1 saturated heterocycles. The van der Waals surface area contributed by atoms with Gasteiger partial charge < -0.3 is 5.73 Å². The summed E-state index contributed by atoms with van der Waals surface area (Å²) >= 11 is 0. The predicted molar refractivity (Wildman–Crippen MR) is 112 cm³/mol. The van der Waals surface area contributed by atoms with Gasteiger partial charge in [-0.15, -0.1) is 0 Å². The molecule has 1 aliphatic heterocycles. The van der Waals surface area contributed by atoms with E-state index in [1.807, 2.05) is 11.7 Å². The molecule has 1 amide bonds. The van der Waals surface area contributed by atoms with E-state index >= 15 is 0 Å². The number of amides is 1. The molecule has 2 aliphatic rings. The van der Waals surface area contributed by atoms with E-state index in [0.29, 0.717) is 0 Å². The summed E-state index contributed by atoms with van der Waals surface area (Å²) in [4.78, 5) is 13.8. The molecule has 0 unspecified atom stereocenters. The second-order valence-corrected chi connectivity index (χ2v) is 8.59. The number of hydrogen-bond acceptors (Lipinski definition) is 3. The number of carbonyl (C=O) groups is 1. The maximum absolute atomic E-state index is 11.4. The standard InChI is InChI=1S/C23H32N4O/c1-26-15-21(16-27-13-11-20(12-14-27)23(24)28)22(25-26)19-9-7-18(8-10-19)17-5-3-2-4-6-17/h7-10,15,17,20H,2-6,11-14,16H2,1H3,(H2,24,28). The van der Waals surface area contributed by atoms with Crippen molar-refractivity contribution in [1.82, 2.24) is 14.7 Å². The predicted octanol–water partition coefficient (Wildman–Crippen LogP) is 3.83. The molecular formula is C23H32N4O. The molecule has 1 aliphatic carbocycles. The Morgan fingerprint density at radius 1 is 1.07 bits per heavy atom. The van der Waals surface area contributed by atoms with Gasteiger partial charge in [0.1, 0.15) is 0 Å². The van der Waals surface area contributed by atoms with Crippen molar-refractivity contribution in [1.29, 1.82) is 0 Å². The Bertz CT molecular complexity index is 797. The van der Waals surface area contributed by atoms with Crippen LogP contribution >= 0.6 is 0 Å². The average Bonchev–Trinajstić information content (AvgIpc) is 3.09. The van der Waals surface area contributed by atoms with E-state index in [9.17, 15) is 4.79 Å². The molecule has 0 atom stereocenters. The van der Waals surface area contributed by atoms with Gasteiger partial charge in [0.25, 0.3) is 0 Å². The summed E-state index contributed by atoms with van der Waals surface area (Å²) < 4.78 is 1.91. The van der Waals surface area contributed by atoms with Gasteiger partial charge in [0.2, 0.25) is 5.91 Å². The van der Waals surface area contributed by atoms with Gasteiger partial charge in [0.15, 0.2) is 0 Å². The van der Waals surface area contributed by atoms with Crippen LogP contribution in [-0.4, -0.2) is 33.7 Å². The van der Waals surface area contributed by atoms with E-state index in [1.165, 1.54) is 48.8 Å². The number of rotatable bonds is 5. The van der Waals surface area contributed by atoms with Gasteiger partial charge in [-0.2, -0.15) is 5.10 Å². The van der Waals surface area contributed by atoms with Gasteiger partial charge >= 0.3 is 0 Å². The molecule has 0 radical (unpaired) electrons. The van der Waals surface area contributed by atoms with Crippen molar-refractivity contribution in [3.05, 3.63) is 41.6 Å². The SMILES string of the molecule is Cn1cc(CN2CCC(C(N)=O)CC2)c(-c2ccc(C3CCCCC3)cc2)n1. The molecule has 4 rings (SSSR count). The minimum atomic E-state index is -0.153. The van der Waals surface area contributed by atoms with Gasteiger partial charge in [-0.25, -0.2) is 0 Å². The molecule has 0 spiro atoms. The van der Waals surface area contributed by atoms with Gasteiger partial charge in [0.05, 0.1) is 5.69 Å². The summed E-state index contributed by atoms with van der Waals surface area (Å²) in [6.45, 7) is 2.71. The second-order valence-electron chi connectivity index (χ2n) is 8.59. The Labute approximate surface area is 167 Å². The summed E-state index contributed by atoms with van der Waals surface area (Å²) in [6, 6.07) is 9.11. The first-order valence-electron chi connectivity index (χ1n) is 10.7. The third-order valence-corrected chi connectivity index (χ3v) is 6.55. The maximum Gasteiger partial charge on any atom is 0.220 e. The fourth-order valence-corrected chi connectivity index (χ4v) is 4.86. The third kappa shape index (κ3) is 4.30. The summed E-state index contributed by atoms with van der Waals surface area (Å²) in [7, 11) is 1.99. The minimum absolute atomic E-state index is 0.0388. The first-order chi connectivity index (χ1) is 13.6. The number of benzene rings is 1. The van der Waals surface area contributed by atoms with E-state index in [4.69, 9.17) is 10.8 Å². The number of likely N-dealkylation sites (tertiary alicyclic amines) is 1. The van der Waals surface area contributed by atoms with Crippen LogP contribution < -0.4 is 5.73 Å². The van der Waals surface area contributed by atoms with Crippen LogP contribution in [0, 0.1) is 5.92 Å². The number of aromatic nitrogens is 2. The van der Waals surface area contributed by atoms with Crippen LogP contribution in [0.5, 0.6) is 0 Å². The fourth-order valence-electron chi connectivity index (χ4n) is 4.86. The lowest BCUT2D eigenvalue weighted by Crippen LogP contribution is -2.38. The molecule has 150 valence electrons. The van der Waals surface area contributed by atoms with Crippen LogP contribution in [0.3, 0.4) is 0 Å². The van der Waals surface area contributed by atoms with E-state index in [1.54, 1.807) is 0 Å². The Morgan fingerprint density at radius 3 is 2.39 bits per heavy atom. The highest BCUT2D eigenvalue weighted by atomic mass is 16.1. The number of aryl methyl sites for hydroxylation is 1. The largest absolute Gasteiger partial charge is 0.369 e. The van der Waals surface area contributed by atoms with Crippen molar-refractivity contribution >= 4 is 5.91 Å². The molecule has 1 aromatic heterocycles. The average molecular weight is 381 g/mol. The minimum Gasteiger partial charge on any atom is -0.369 e. The maximum atomic E-state index is 11.4. The molecule has 2 fully saturated rings. The summed E-state index contributed by atoms with van der Waals surface area (Å²) in [6.07, 6.45) is 10.6. The molecule has 2 aromatic rings. The summed E-state index contributed by atoms with van der Waals surface area (Å²) in [5.74, 6) is 0.620. The fraction of sp³-hybridized carbons (Fsp3) is 0.565. The molecule has 28 heavy (non-hydrogen) atoms. The highest BCUT2D eigenvalue weighted by molar-refractivity contribution is 5.76. The van der Waals surface area contributed by atoms with Gasteiger partial charge in [-0.1, -0.05) is 43.5 Å². The van der Waals surface area contributed by atoms with Crippen molar-refractivity contribution < 1.29 is 4.79 Å². The first-order valence-corrected chi connectivity index (χ1v) is 10.7. The number of nitrogens with two attached hydrogens (primary N) is 1. The van der Waals surface area contributed by atoms with Crippen LogP contribution in [0.1, 0.15) is 62.0 Å². The highest BCUT2D eigenvalue weighted by Gasteiger charge is 2.24. The van der Waals surface area contributed by atoms with E-state index in [-0.39, 0.29) is 11.8 Å². The molecule has 1 saturated carbocycles. The smallest absolute Gasteiger partial charge is 0.220 e. The van der Waals surface area contributed by atoms with Crippen molar-refractivity contribution in [3.8, 4) is 11.3 Å². The lowest BCUT2D eigenvalue weighted by molar-refractivity contribution is -0.123. The number of nitrogens with zero attached hydrogens (tertiary/aromatic N) is 3. The van der Waals surface area contributed by atoms with Crippen molar-refractivity contribution in [2.45, 2.75) is 57.4 Å². The summed E-state index contributed by atoms with van der Waals surface area (Å²) in [5, 5.41) is 4.75. The van der Waals surface area contributed by atoms with Crippen molar-refractivity contribution in [2.75, 3.05) is 13.1 Å². The first kappa shape index (κ1) is 19.2. The zero-order valence-electron chi connectivity index (χ0n) is 16.9. The molecule has 5 nitrogen and oxygen atoms in total. The van der Waals surface area contributed by atoms with Gasteiger partial charge in [0, 0.05) is 36.8 Å². The highest BCUT2D eigenvalue weighted by Crippen LogP contribution is 2.34. The molecule has 5 heteroatoms. The van der Waals surface area contributed by atoms with Crippen LogP contribution in [-0.2, 0) is 18.4 Å². The number of primary amides is 1. The zero-order chi connectivity index (χ0) is 19.5. The van der Waals surface area contributed by atoms with Gasteiger partial charge in [-0.3, -0.25) is 14.4 Å². The third-order valence-electron chi connectivity index (χ3n) is 6.55. The normalized spacial score (nSPS) is 19.8. The van der Waals surface area contributed by atoms with E-state index in [2.05, 4.69) is 35.4 Å². The molecule has 0 bridgehead atoms. The summed E-state index contributed by atoms with van der Waals surface area (Å²) in [5.41, 5.74) is 10.5. The zero-order valence-corrected chi connectivity index (χ0v) is 16.9. The molecule has 2 N–H and O–H groups in total.